The van der Waals surface area contributed by atoms with Crippen molar-refractivity contribution in [1.82, 2.24) is 0 Å². The Kier molecular flexibility index (Phi) is 5.38. The van der Waals surface area contributed by atoms with E-state index in [0.717, 1.165) is 19.4 Å². The summed E-state index contributed by atoms with van der Waals surface area (Å²) < 4.78 is 35.2. The quantitative estimate of drug-likeness (QED) is 0.455. The minimum absolute atomic E-state index is 0.0784. The molecule has 0 saturated carbocycles. The zero-order valence-corrected chi connectivity index (χ0v) is 14.7. The van der Waals surface area contributed by atoms with Crippen LogP contribution in [0, 0.1) is 5.82 Å². The first-order valence-electron chi connectivity index (χ1n) is 8.50. The molecule has 140 valence electrons. The standard InChI is InChI=1S/C19H21FO6/c1-19(2)25-17(21)15(18(22)26-19)8-12-5-6-13(16(20)9-12)10-23-11-14-4-3-7-24-14/h5-6,8-9,14H,3-4,7,10-11H2,1-2H3. The second-order valence-electron chi connectivity index (χ2n) is 6.74. The van der Waals surface area contributed by atoms with Crippen LogP contribution in [0.15, 0.2) is 23.8 Å². The monoisotopic (exact) mass is 364 g/mol. The molecule has 1 aromatic carbocycles. The van der Waals surface area contributed by atoms with Crippen LogP contribution in [0.25, 0.3) is 6.08 Å². The fourth-order valence-electron chi connectivity index (χ4n) is 2.79. The van der Waals surface area contributed by atoms with Crippen molar-refractivity contribution in [2.75, 3.05) is 13.2 Å². The molecular formula is C19H21FO6. The van der Waals surface area contributed by atoms with Crippen LogP contribution in [0.5, 0.6) is 0 Å². The van der Waals surface area contributed by atoms with Gasteiger partial charge < -0.3 is 18.9 Å². The summed E-state index contributed by atoms with van der Waals surface area (Å²) in [5.41, 5.74) is 0.472. The van der Waals surface area contributed by atoms with Crippen LogP contribution in [-0.2, 0) is 35.1 Å². The Bertz CT molecular complexity index is 712. The van der Waals surface area contributed by atoms with Gasteiger partial charge in [0, 0.05) is 26.0 Å². The maximum Gasteiger partial charge on any atom is 0.348 e. The number of ether oxygens (including phenoxy) is 4. The predicted octanol–water partition coefficient (Wildman–Crippen LogP) is 2.74. The topological polar surface area (TPSA) is 71.1 Å². The largest absolute Gasteiger partial charge is 0.419 e. The fourth-order valence-corrected chi connectivity index (χ4v) is 2.79. The van der Waals surface area contributed by atoms with Crippen molar-refractivity contribution >= 4 is 18.0 Å². The van der Waals surface area contributed by atoms with Gasteiger partial charge in [0.15, 0.2) is 0 Å². The Morgan fingerprint density at radius 2 is 2.00 bits per heavy atom. The van der Waals surface area contributed by atoms with Crippen molar-refractivity contribution in [1.29, 1.82) is 0 Å². The number of benzene rings is 1. The molecule has 1 unspecified atom stereocenters. The lowest BCUT2D eigenvalue weighted by molar-refractivity contribution is -0.222. The van der Waals surface area contributed by atoms with Crippen molar-refractivity contribution in [2.45, 2.75) is 45.2 Å². The van der Waals surface area contributed by atoms with Gasteiger partial charge in [0.2, 0.25) is 0 Å². The Labute approximate surface area is 150 Å². The fraction of sp³-hybridized carbons (Fsp3) is 0.474. The molecule has 0 amide bonds. The molecule has 2 saturated heterocycles. The minimum Gasteiger partial charge on any atom is -0.419 e. The highest BCUT2D eigenvalue weighted by Gasteiger charge is 2.38. The zero-order valence-electron chi connectivity index (χ0n) is 14.7. The van der Waals surface area contributed by atoms with Crippen molar-refractivity contribution in [3.8, 4) is 0 Å². The summed E-state index contributed by atoms with van der Waals surface area (Å²) in [5.74, 6) is -3.38. The van der Waals surface area contributed by atoms with Gasteiger partial charge in [-0.3, -0.25) is 0 Å². The molecular weight excluding hydrogens is 343 g/mol. The first-order valence-corrected chi connectivity index (χ1v) is 8.50. The number of carbonyl (C=O) groups excluding carboxylic acids is 2. The lowest BCUT2D eigenvalue weighted by Crippen LogP contribution is -2.41. The number of rotatable bonds is 5. The highest BCUT2D eigenvalue weighted by atomic mass is 19.1. The average molecular weight is 364 g/mol. The van der Waals surface area contributed by atoms with Crippen LogP contribution in [-0.4, -0.2) is 37.0 Å². The first kappa shape index (κ1) is 18.5. The maximum atomic E-state index is 14.2. The number of halogens is 1. The molecule has 2 fully saturated rings. The summed E-state index contributed by atoms with van der Waals surface area (Å²) in [4.78, 5) is 23.9. The molecule has 7 heteroatoms. The molecule has 0 radical (unpaired) electrons. The highest BCUT2D eigenvalue weighted by Crippen LogP contribution is 2.24. The third-order valence-corrected chi connectivity index (χ3v) is 4.09. The summed E-state index contributed by atoms with van der Waals surface area (Å²) >= 11 is 0. The number of cyclic esters (lactones) is 2. The SMILES string of the molecule is CC1(C)OC(=O)C(=Cc2ccc(COCC3CCCO3)c(F)c2)C(=O)O1. The Morgan fingerprint density at radius 1 is 1.27 bits per heavy atom. The zero-order chi connectivity index (χ0) is 18.7. The molecule has 0 bridgehead atoms. The van der Waals surface area contributed by atoms with Crippen molar-refractivity contribution in [3.63, 3.8) is 0 Å². The van der Waals surface area contributed by atoms with Crippen molar-refractivity contribution in [2.24, 2.45) is 0 Å². The maximum absolute atomic E-state index is 14.2. The van der Waals surface area contributed by atoms with Gasteiger partial charge in [0.1, 0.15) is 11.4 Å². The third kappa shape index (κ3) is 4.47. The van der Waals surface area contributed by atoms with E-state index in [0.29, 0.717) is 17.7 Å². The van der Waals surface area contributed by atoms with E-state index in [-0.39, 0.29) is 18.3 Å². The lowest BCUT2D eigenvalue weighted by atomic mass is 10.1. The normalized spacial score (nSPS) is 22.1. The number of carbonyl (C=O) groups is 2. The molecule has 2 aliphatic rings. The molecule has 3 rings (SSSR count). The Hall–Kier alpha value is -2.25. The first-order chi connectivity index (χ1) is 12.3. The van der Waals surface area contributed by atoms with Crippen LogP contribution in [0.2, 0.25) is 0 Å². The van der Waals surface area contributed by atoms with E-state index >= 15 is 0 Å². The Morgan fingerprint density at radius 3 is 2.62 bits per heavy atom. The number of hydrogen-bond donors (Lipinski definition) is 0. The van der Waals surface area contributed by atoms with Gasteiger partial charge in [-0.15, -0.1) is 0 Å². The van der Waals surface area contributed by atoms with E-state index in [1.807, 2.05) is 0 Å². The van der Waals surface area contributed by atoms with E-state index < -0.39 is 23.5 Å². The van der Waals surface area contributed by atoms with Gasteiger partial charge in [-0.1, -0.05) is 12.1 Å². The van der Waals surface area contributed by atoms with Crippen molar-refractivity contribution in [3.05, 3.63) is 40.7 Å². The van der Waals surface area contributed by atoms with Crippen molar-refractivity contribution < 1.29 is 32.9 Å². The van der Waals surface area contributed by atoms with Gasteiger partial charge >= 0.3 is 11.9 Å². The van der Waals surface area contributed by atoms with Crippen LogP contribution >= 0.6 is 0 Å². The van der Waals surface area contributed by atoms with Gasteiger partial charge in [0.05, 0.1) is 19.3 Å². The van der Waals surface area contributed by atoms with E-state index in [4.69, 9.17) is 18.9 Å². The molecule has 2 heterocycles. The lowest BCUT2D eigenvalue weighted by Gasteiger charge is -2.29. The molecule has 1 atom stereocenters. The van der Waals surface area contributed by atoms with Gasteiger partial charge in [-0.05, 0) is 30.5 Å². The highest BCUT2D eigenvalue weighted by molar-refractivity contribution is 6.18. The van der Waals surface area contributed by atoms with Crippen LogP contribution in [0.3, 0.4) is 0 Å². The van der Waals surface area contributed by atoms with Crippen LogP contribution in [0.1, 0.15) is 37.8 Å². The Balaban J connectivity index is 1.65. The summed E-state index contributed by atoms with van der Waals surface area (Å²) in [7, 11) is 0. The summed E-state index contributed by atoms with van der Waals surface area (Å²) in [6.07, 6.45) is 3.31. The average Bonchev–Trinajstić information content (AvgIpc) is 3.05. The van der Waals surface area contributed by atoms with Crippen LogP contribution in [0.4, 0.5) is 4.39 Å². The molecule has 1 aromatic rings. The second kappa shape index (κ2) is 7.55. The molecule has 0 aliphatic carbocycles. The smallest absolute Gasteiger partial charge is 0.348 e. The number of hydrogen-bond acceptors (Lipinski definition) is 6. The molecule has 6 nitrogen and oxygen atoms in total. The van der Waals surface area contributed by atoms with Gasteiger partial charge in [-0.25, -0.2) is 14.0 Å². The molecule has 0 aromatic heterocycles. The molecule has 0 N–H and O–H groups in total. The second-order valence-corrected chi connectivity index (χ2v) is 6.74. The minimum atomic E-state index is -1.30. The van der Waals surface area contributed by atoms with E-state index in [2.05, 4.69) is 0 Å². The van der Waals surface area contributed by atoms with E-state index in [1.165, 1.54) is 26.0 Å². The van der Waals surface area contributed by atoms with E-state index in [1.54, 1.807) is 12.1 Å². The van der Waals surface area contributed by atoms with E-state index in [9.17, 15) is 14.0 Å². The predicted molar refractivity (Wildman–Crippen MR) is 89.3 cm³/mol. The molecule has 2 aliphatic heterocycles. The van der Waals surface area contributed by atoms with Gasteiger partial charge in [-0.2, -0.15) is 0 Å². The molecule has 26 heavy (non-hydrogen) atoms. The number of esters is 2. The summed E-state index contributed by atoms with van der Waals surface area (Å²) in [6, 6.07) is 4.39. The summed E-state index contributed by atoms with van der Waals surface area (Å²) in [6.45, 7) is 4.22. The summed E-state index contributed by atoms with van der Waals surface area (Å²) in [5, 5.41) is 0. The van der Waals surface area contributed by atoms with Gasteiger partial charge in [0.25, 0.3) is 5.79 Å². The molecule has 0 spiro atoms. The third-order valence-electron chi connectivity index (χ3n) is 4.09. The van der Waals surface area contributed by atoms with Crippen LogP contribution < -0.4 is 0 Å².